The second-order valence-corrected chi connectivity index (χ2v) is 6.17. The lowest BCUT2D eigenvalue weighted by atomic mass is 9.99. The molecular formula is C13H12Cl2N2O2S. The summed E-state index contributed by atoms with van der Waals surface area (Å²) in [7, 11) is 0. The number of thiocyanates is 1. The molecule has 0 saturated carbocycles. The molecule has 0 spiro atoms. The third-order valence-corrected chi connectivity index (χ3v) is 3.49. The molecule has 0 fully saturated rings. The van der Waals surface area contributed by atoms with Crippen molar-refractivity contribution in [2.45, 2.75) is 19.4 Å². The predicted molar refractivity (Wildman–Crippen MR) is 81.1 cm³/mol. The van der Waals surface area contributed by atoms with Crippen molar-refractivity contribution in [3.63, 3.8) is 0 Å². The molecule has 4 nitrogen and oxygen atoms in total. The molecule has 7 heteroatoms. The van der Waals surface area contributed by atoms with E-state index in [2.05, 4.69) is 5.32 Å². The van der Waals surface area contributed by atoms with Crippen molar-refractivity contribution in [3.05, 3.63) is 33.8 Å². The number of thioether (sulfide) groups is 1. The fourth-order valence-corrected chi connectivity index (χ4v) is 2.47. The van der Waals surface area contributed by atoms with Crippen molar-refractivity contribution in [3.8, 4) is 5.40 Å². The summed E-state index contributed by atoms with van der Waals surface area (Å²) in [5, 5.41) is 13.6. The summed E-state index contributed by atoms with van der Waals surface area (Å²) < 4.78 is 0. The molecule has 0 saturated heterocycles. The second-order valence-electron chi connectivity index (χ2n) is 4.54. The van der Waals surface area contributed by atoms with Crippen LogP contribution in [0.5, 0.6) is 0 Å². The molecule has 1 aromatic rings. The molecule has 1 N–H and O–H groups in total. The van der Waals surface area contributed by atoms with Gasteiger partial charge in [0, 0.05) is 15.6 Å². The van der Waals surface area contributed by atoms with Gasteiger partial charge in [0.05, 0.1) is 11.3 Å². The van der Waals surface area contributed by atoms with Crippen molar-refractivity contribution in [1.29, 1.82) is 5.26 Å². The smallest absolute Gasteiger partial charge is 0.252 e. The van der Waals surface area contributed by atoms with E-state index in [1.165, 1.54) is 18.2 Å². The molecule has 20 heavy (non-hydrogen) atoms. The molecule has 0 unspecified atom stereocenters. The van der Waals surface area contributed by atoms with Crippen LogP contribution >= 0.6 is 35.0 Å². The van der Waals surface area contributed by atoms with Crippen molar-refractivity contribution in [2.24, 2.45) is 0 Å². The minimum atomic E-state index is -1.07. The molecule has 0 radical (unpaired) electrons. The Morgan fingerprint density at radius 1 is 1.30 bits per heavy atom. The lowest BCUT2D eigenvalue weighted by Gasteiger charge is -2.24. The summed E-state index contributed by atoms with van der Waals surface area (Å²) in [6, 6.07) is 4.44. The number of amides is 1. The van der Waals surface area contributed by atoms with Gasteiger partial charge in [0.15, 0.2) is 5.78 Å². The number of hydrogen-bond acceptors (Lipinski definition) is 4. The molecule has 1 amide bonds. The number of carbonyl (C=O) groups excluding carboxylic acids is 2. The highest BCUT2D eigenvalue weighted by atomic mass is 35.5. The van der Waals surface area contributed by atoms with Crippen LogP contribution < -0.4 is 5.32 Å². The van der Waals surface area contributed by atoms with Crippen LogP contribution in [-0.2, 0) is 4.79 Å². The topological polar surface area (TPSA) is 70.0 Å². The van der Waals surface area contributed by atoms with Gasteiger partial charge in [0.2, 0.25) is 0 Å². The predicted octanol–water partition coefficient (Wildman–Crippen LogP) is 3.29. The van der Waals surface area contributed by atoms with Crippen LogP contribution in [0.4, 0.5) is 0 Å². The lowest BCUT2D eigenvalue weighted by Crippen LogP contribution is -2.50. The zero-order valence-electron chi connectivity index (χ0n) is 10.9. The Kier molecular flexibility index (Phi) is 5.88. The summed E-state index contributed by atoms with van der Waals surface area (Å²) >= 11 is 12.5. The summed E-state index contributed by atoms with van der Waals surface area (Å²) in [6.45, 7) is 3.16. The average molecular weight is 331 g/mol. The van der Waals surface area contributed by atoms with E-state index in [0.29, 0.717) is 10.0 Å². The largest absolute Gasteiger partial charge is 0.340 e. The molecule has 0 heterocycles. The maximum absolute atomic E-state index is 12.1. The Morgan fingerprint density at radius 2 is 1.85 bits per heavy atom. The molecule has 0 aliphatic heterocycles. The zero-order valence-corrected chi connectivity index (χ0v) is 13.2. The van der Waals surface area contributed by atoms with Crippen LogP contribution in [0, 0.1) is 10.7 Å². The highest BCUT2D eigenvalue weighted by molar-refractivity contribution is 8.04. The van der Waals surface area contributed by atoms with Crippen LogP contribution in [0.15, 0.2) is 18.2 Å². The van der Waals surface area contributed by atoms with E-state index >= 15 is 0 Å². The molecule has 106 valence electrons. The number of carbonyl (C=O) groups is 2. The highest BCUT2D eigenvalue weighted by Gasteiger charge is 2.29. The summed E-state index contributed by atoms with van der Waals surface area (Å²) in [5.41, 5.74) is -0.799. The number of nitriles is 1. The molecular weight excluding hydrogens is 319 g/mol. The molecule has 0 bridgehead atoms. The van der Waals surface area contributed by atoms with E-state index in [-0.39, 0.29) is 17.1 Å². The van der Waals surface area contributed by atoms with E-state index < -0.39 is 11.4 Å². The fraction of sp³-hybridized carbons (Fsp3) is 0.308. The van der Waals surface area contributed by atoms with Gasteiger partial charge in [-0.2, -0.15) is 5.26 Å². The Hall–Kier alpha value is -1.22. The molecule has 0 aliphatic carbocycles. The minimum Gasteiger partial charge on any atom is -0.340 e. The van der Waals surface area contributed by atoms with E-state index in [9.17, 15) is 9.59 Å². The normalized spacial score (nSPS) is 10.8. The lowest BCUT2D eigenvalue weighted by molar-refractivity contribution is -0.121. The van der Waals surface area contributed by atoms with Gasteiger partial charge in [-0.1, -0.05) is 23.2 Å². The van der Waals surface area contributed by atoms with Gasteiger partial charge in [0.25, 0.3) is 5.91 Å². The number of rotatable bonds is 5. The average Bonchev–Trinajstić information content (AvgIpc) is 2.34. The van der Waals surface area contributed by atoms with Crippen molar-refractivity contribution < 1.29 is 9.59 Å². The van der Waals surface area contributed by atoms with E-state index in [1.54, 1.807) is 13.8 Å². The van der Waals surface area contributed by atoms with Crippen molar-refractivity contribution in [1.82, 2.24) is 5.32 Å². The molecule has 1 aromatic carbocycles. The Morgan fingerprint density at radius 3 is 2.35 bits per heavy atom. The van der Waals surface area contributed by atoms with Crippen molar-refractivity contribution >= 4 is 46.7 Å². The maximum Gasteiger partial charge on any atom is 0.252 e. The van der Waals surface area contributed by atoms with Gasteiger partial charge in [-0.25, -0.2) is 0 Å². The quantitative estimate of drug-likeness (QED) is 0.841. The standard InChI is InChI=1S/C13H12Cl2N2O2S/c1-13(2,11(18)6-20-7-16)17-12(19)8-3-9(14)5-10(15)4-8/h3-5H,6H2,1-2H3,(H,17,19). The third kappa shape index (κ3) is 4.71. The molecule has 0 aromatic heterocycles. The van der Waals surface area contributed by atoms with E-state index in [0.717, 1.165) is 11.8 Å². The number of nitrogens with zero attached hydrogens (tertiary/aromatic N) is 1. The maximum atomic E-state index is 12.1. The molecule has 0 atom stereocenters. The first-order valence-corrected chi connectivity index (χ1v) is 7.33. The van der Waals surface area contributed by atoms with Crippen LogP contribution in [-0.4, -0.2) is 23.0 Å². The third-order valence-electron chi connectivity index (χ3n) is 2.52. The number of halogens is 2. The number of hydrogen-bond donors (Lipinski definition) is 1. The summed E-state index contributed by atoms with van der Waals surface area (Å²) in [5.74, 6) is -0.680. The monoisotopic (exact) mass is 330 g/mol. The second kappa shape index (κ2) is 6.98. The van der Waals surface area contributed by atoms with E-state index in [1.807, 2.05) is 5.40 Å². The zero-order chi connectivity index (χ0) is 15.3. The highest BCUT2D eigenvalue weighted by Crippen LogP contribution is 2.20. The van der Waals surface area contributed by atoms with Gasteiger partial charge < -0.3 is 5.32 Å². The van der Waals surface area contributed by atoms with Gasteiger partial charge in [-0.05, 0) is 43.8 Å². The Labute approximate surface area is 131 Å². The van der Waals surface area contributed by atoms with E-state index in [4.69, 9.17) is 28.5 Å². The molecule has 1 rings (SSSR count). The number of Topliss-reactive ketones (excluding diaryl/α,β-unsaturated/α-hetero) is 1. The molecule has 0 aliphatic rings. The van der Waals surface area contributed by atoms with Gasteiger partial charge in [-0.15, -0.1) is 0 Å². The van der Waals surface area contributed by atoms with Crippen LogP contribution in [0.25, 0.3) is 0 Å². The Bertz CT molecular complexity index is 562. The summed E-state index contributed by atoms with van der Waals surface area (Å²) in [4.78, 5) is 24.0. The van der Waals surface area contributed by atoms with Gasteiger partial charge in [0.1, 0.15) is 5.40 Å². The number of nitrogens with one attached hydrogen (secondary N) is 1. The first-order chi connectivity index (χ1) is 9.26. The fourth-order valence-electron chi connectivity index (χ4n) is 1.39. The van der Waals surface area contributed by atoms with Crippen LogP contribution in [0.2, 0.25) is 10.0 Å². The van der Waals surface area contributed by atoms with Crippen LogP contribution in [0.1, 0.15) is 24.2 Å². The van der Waals surface area contributed by atoms with Gasteiger partial charge in [-0.3, -0.25) is 9.59 Å². The first-order valence-electron chi connectivity index (χ1n) is 5.59. The SMILES string of the molecule is CC(C)(NC(=O)c1cc(Cl)cc(Cl)c1)C(=O)CSC#N. The number of benzene rings is 1. The Balaban J connectivity index is 2.83. The summed E-state index contributed by atoms with van der Waals surface area (Å²) in [6.07, 6.45) is 0. The van der Waals surface area contributed by atoms with Gasteiger partial charge >= 0.3 is 0 Å². The van der Waals surface area contributed by atoms with Crippen molar-refractivity contribution in [2.75, 3.05) is 5.75 Å². The van der Waals surface area contributed by atoms with Crippen LogP contribution in [0.3, 0.4) is 0 Å². The number of ketones is 1. The minimum absolute atomic E-state index is 0.0140. The first kappa shape index (κ1) is 16.8.